The molecule has 1 aliphatic rings. The summed E-state index contributed by atoms with van der Waals surface area (Å²) in [6.45, 7) is 7.03. The lowest BCUT2D eigenvalue weighted by Gasteiger charge is -2.37. The highest BCUT2D eigenvalue weighted by atomic mass is 79.9. The van der Waals surface area contributed by atoms with E-state index < -0.39 is 10.0 Å². The Balaban J connectivity index is 2.17. The fourth-order valence-electron chi connectivity index (χ4n) is 2.46. The molecule has 2 rings (SSSR count). The quantitative estimate of drug-likeness (QED) is 0.722. The number of piperazine rings is 1. The van der Waals surface area contributed by atoms with Gasteiger partial charge < -0.3 is 0 Å². The summed E-state index contributed by atoms with van der Waals surface area (Å²) in [4.78, 5) is 2.68. The monoisotopic (exact) mass is 438 g/mol. The van der Waals surface area contributed by atoms with Gasteiger partial charge in [0.05, 0.1) is 4.90 Å². The first kappa shape index (κ1) is 17.4. The second-order valence-electron chi connectivity index (χ2n) is 5.27. The maximum atomic E-state index is 12.8. The highest BCUT2D eigenvalue weighted by Crippen LogP contribution is 2.29. The molecule has 1 aliphatic heterocycles. The molecule has 1 heterocycles. The molecule has 0 radical (unpaired) electrons. The first-order valence-corrected chi connectivity index (χ1v) is 10.1. The third-order valence-corrected chi connectivity index (χ3v) is 7.38. The van der Waals surface area contributed by atoms with E-state index in [1.165, 1.54) is 0 Å². The van der Waals surface area contributed by atoms with Crippen molar-refractivity contribution >= 4 is 41.9 Å². The lowest BCUT2D eigenvalue weighted by Crippen LogP contribution is -2.51. The topological polar surface area (TPSA) is 40.6 Å². The molecule has 0 N–H and O–H groups in total. The molecule has 1 saturated heterocycles. The lowest BCUT2D eigenvalue weighted by atomic mass is 10.2. The normalized spacial score (nSPS) is 19.6. The Morgan fingerprint density at radius 1 is 1.19 bits per heavy atom. The molecule has 0 spiro atoms. The molecule has 21 heavy (non-hydrogen) atoms. The zero-order valence-electron chi connectivity index (χ0n) is 12.2. The van der Waals surface area contributed by atoms with Crippen molar-refractivity contribution in [1.82, 2.24) is 9.21 Å². The molecular formula is C14H20Br2N2O2S. The summed E-state index contributed by atoms with van der Waals surface area (Å²) in [6.07, 6.45) is 1.09. The van der Waals surface area contributed by atoms with Crippen molar-refractivity contribution in [1.29, 1.82) is 0 Å². The Bertz CT molecular complexity index is 599. The number of sulfonamides is 1. The van der Waals surface area contributed by atoms with Gasteiger partial charge in [-0.05, 0) is 47.5 Å². The van der Waals surface area contributed by atoms with E-state index in [9.17, 15) is 8.42 Å². The minimum Gasteiger partial charge on any atom is -0.298 e. The van der Waals surface area contributed by atoms with E-state index in [1.807, 2.05) is 6.07 Å². The number of rotatable bonds is 4. The largest absolute Gasteiger partial charge is 0.298 e. The highest BCUT2D eigenvalue weighted by Gasteiger charge is 2.30. The minimum atomic E-state index is -3.44. The number of halogens is 2. The summed E-state index contributed by atoms with van der Waals surface area (Å²) >= 11 is 6.68. The van der Waals surface area contributed by atoms with Crippen molar-refractivity contribution in [2.75, 3.05) is 26.2 Å². The smallest absolute Gasteiger partial charge is 0.244 e. The summed E-state index contributed by atoms with van der Waals surface area (Å²) < 4.78 is 28.5. The Kier molecular flexibility index (Phi) is 5.87. The van der Waals surface area contributed by atoms with Gasteiger partial charge >= 0.3 is 0 Å². The standard InChI is InChI=1S/C14H20Br2N2O2S/c1-3-11(2)17-6-8-18(9-7-17)21(19,20)14-10-12(15)4-5-13(14)16/h4-5,10-11H,3,6-9H2,1-2H3. The molecule has 0 aliphatic carbocycles. The molecule has 4 nitrogen and oxygen atoms in total. The minimum absolute atomic E-state index is 0.328. The van der Waals surface area contributed by atoms with E-state index >= 15 is 0 Å². The maximum Gasteiger partial charge on any atom is 0.244 e. The first-order valence-electron chi connectivity index (χ1n) is 7.05. The molecule has 1 aromatic carbocycles. The Morgan fingerprint density at radius 2 is 1.81 bits per heavy atom. The van der Waals surface area contributed by atoms with Gasteiger partial charge in [-0.25, -0.2) is 8.42 Å². The van der Waals surface area contributed by atoms with Crippen LogP contribution in [0.5, 0.6) is 0 Å². The summed E-state index contributed by atoms with van der Waals surface area (Å²) in [5.41, 5.74) is 0. The number of benzene rings is 1. The Labute approximate surface area is 143 Å². The Morgan fingerprint density at radius 3 is 2.38 bits per heavy atom. The van der Waals surface area contributed by atoms with Gasteiger partial charge in [-0.1, -0.05) is 22.9 Å². The van der Waals surface area contributed by atoms with E-state index in [2.05, 4.69) is 50.6 Å². The van der Waals surface area contributed by atoms with Crippen LogP contribution < -0.4 is 0 Å². The molecular weight excluding hydrogens is 420 g/mol. The summed E-state index contributed by atoms with van der Waals surface area (Å²) in [5.74, 6) is 0. The molecule has 0 saturated carbocycles. The van der Waals surface area contributed by atoms with Crippen LogP contribution in [0, 0.1) is 0 Å². The first-order chi connectivity index (χ1) is 9.86. The zero-order chi connectivity index (χ0) is 15.6. The van der Waals surface area contributed by atoms with Gasteiger partial charge in [0.2, 0.25) is 10.0 Å². The zero-order valence-corrected chi connectivity index (χ0v) is 16.2. The summed E-state index contributed by atoms with van der Waals surface area (Å²) in [5, 5.41) is 0. The summed E-state index contributed by atoms with van der Waals surface area (Å²) in [7, 11) is -3.44. The van der Waals surface area contributed by atoms with E-state index in [0.717, 1.165) is 24.0 Å². The molecule has 1 aromatic rings. The molecule has 1 fully saturated rings. The van der Waals surface area contributed by atoms with Crippen LogP contribution in [-0.4, -0.2) is 49.8 Å². The molecule has 1 atom stereocenters. The van der Waals surface area contributed by atoms with Crippen molar-refractivity contribution in [3.05, 3.63) is 27.1 Å². The van der Waals surface area contributed by atoms with Gasteiger partial charge in [-0.2, -0.15) is 4.31 Å². The van der Waals surface area contributed by atoms with E-state index in [0.29, 0.717) is 28.5 Å². The van der Waals surface area contributed by atoms with Crippen LogP contribution >= 0.6 is 31.9 Å². The number of nitrogens with zero attached hydrogens (tertiary/aromatic N) is 2. The molecule has 0 bridgehead atoms. The van der Waals surface area contributed by atoms with Crippen LogP contribution in [-0.2, 0) is 10.0 Å². The average molecular weight is 440 g/mol. The fraction of sp³-hybridized carbons (Fsp3) is 0.571. The van der Waals surface area contributed by atoms with Crippen molar-refractivity contribution in [2.24, 2.45) is 0 Å². The van der Waals surface area contributed by atoms with E-state index in [4.69, 9.17) is 0 Å². The molecule has 0 amide bonds. The maximum absolute atomic E-state index is 12.8. The van der Waals surface area contributed by atoms with Crippen LogP contribution in [0.3, 0.4) is 0 Å². The van der Waals surface area contributed by atoms with Crippen LogP contribution in [0.25, 0.3) is 0 Å². The molecule has 1 unspecified atom stereocenters. The molecule has 0 aromatic heterocycles. The third-order valence-electron chi connectivity index (χ3n) is 4.00. The van der Waals surface area contributed by atoms with Crippen molar-refractivity contribution < 1.29 is 8.42 Å². The van der Waals surface area contributed by atoms with Crippen LogP contribution in [0.2, 0.25) is 0 Å². The van der Waals surface area contributed by atoms with E-state index in [-0.39, 0.29) is 0 Å². The van der Waals surface area contributed by atoms with Gasteiger partial charge in [0.1, 0.15) is 0 Å². The average Bonchev–Trinajstić information content (AvgIpc) is 2.49. The van der Waals surface area contributed by atoms with Gasteiger partial charge in [-0.15, -0.1) is 0 Å². The summed E-state index contributed by atoms with van der Waals surface area (Å²) in [6, 6.07) is 5.74. The third kappa shape index (κ3) is 3.88. The van der Waals surface area contributed by atoms with E-state index in [1.54, 1.807) is 16.4 Å². The second-order valence-corrected chi connectivity index (χ2v) is 8.95. The van der Waals surface area contributed by atoms with Crippen molar-refractivity contribution in [2.45, 2.75) is 31.2 Å². The highest BCUT2D eigenvalue weighted by molar-refractivity contribution is 9.11. The SMILES string of the molecule is CCC(C)N1CCN(S(=O)(=O)c2cc(Br)ccc2Br)CC1. The second kappa shape index (κ2) is 7.08. The van der Waals surface area contributed by atoms with Gasteiger partial charge in [0.25, 0.3) is 0 Å². The van der Waals surface area contributed by atoms with Crippen molar-refractivity contribution in [3.63, 3.8) is 0 Å². The number of hydrogen-bond acceptors (Lipinski definition) is 3. The molecule has 7 heteroatoms. The van der Waals surface area contributed by atoms with Crippen LogP contribution in [0.15, 0.2) is 32.0 Å². The van der Waals surface area contributed by atoms with Crippen LogP contribution in [0.1, 0.15) is 20.3 Å². The van der Waals surface area contributed by atoms with Crippen molar-refractivity contribution in [3.8, 4) is 0 Å². The lowest BCUT2D eigenvalue weighted by molar-refractivity contribution is 0.142. The Hall–Kier alpha value is 0.0500. The number of hydrogen-bond donors (Lipinski definition) is 0. The van der Waals surface area contributed by atoms with Gasteiger partial charge in [0.15, 0.2) is 0 Å². The molecule has 118 valence electrons. The predicted molar refractivity (Wildman–Crippen MR) is 91.9 cm³/mol. The van der Waals surface area contributed by atoms with Gasteiger partial charge in [0, 0.05) is 41.2 Å². The predicted octanol–water partition coefficient (Wildman–Crippen LogP) is 3.32. The van der Waals surface area contributed by atoms with Crippen LogP contribution in [0.4, 0.5) is 0 Å². The fourth-order valence-corrected chi connectivity index (χ4v) is 5.34. The van der Waals surface area contributed by atoms with Gasteiger partial charge in [-0.3, -0.25) is 4.90 Å².